The van der Waals surface area contributed by atoms with E-state index in [1.165, 1.54) is 0 Å². The topological polar surface area (TPSA) is 9.23 Å². The van der Waals surface area contributed by atoms with Crippen LogP contribution in [0.2, 0.25) is 0 Å². The van der Waals surface area contributed by atoms with Gasteiger partial charge in [-0.1, -0.05) is 0 Å². The van der Waals surface area contributed by atoms with E-state index >= 15 is 0 Å². The van der Waals surface area contributed by atoms with Gasteiger partial charge in [-0.05, 0) is 22.9 Å². The lowest BCUT2D eigenvalue weighted by atomic mass is 10.3. The lowest BCUT2D eigenvalue weighted by Crippen LogP contribution is -2.00. The van der Waals surface area contributed by atoms with Gasteiger partial charge in [-0.15, -0.1) is 0 Å². The van der Waals surface area contributed by atoms with Gasteiger partial charge in [0.2, 0.25) is 0 Å². The summed E-state index contributed by atoms with van der Waals surface area (Å²) in [5, 5.41) is 0. The average molecular weight is 255 g/mol. The molecule has 0 heterocycles. The van der Waals surface area contributed by atoms with Crippen LogP contribution in [0.5, 0.6) is 5.75 Å². The maximum Gasteiger partial charge on any atom is 0.192 e. The van der Waals surface area contributed by atoms with Crippen molar-refractivity contribution in [2.24, 2.45) is 0 Å². The lowest BCUT2D eigenvalue weighted by Gasteiger charge is -2.07. The predicted molar refractivity (Wildman–Crippen MR) is 45.2 cm³/mol. The molecule has 0 aromatic heterocycles. The van der Waals surface area contributed by atoms with Crippen molar-refractivity contribution >= 4 is 15.9 Å². The first kappa shape index (κ1) is 10.4. The molecule has 0 amide bonds. The number of hydrogen-bond acceptors (Lipinski definition) is 1. The second kappa shape index (κ2) is 4.00. The summed E-state index contributed by atoms with van der Waals surface area (Å²) in [5.41, 5.74) is 0. The molecule has 1 aromatic carbocycles. The molecule has 0 fully saturated rings. The quantitative estimate of drug-likeness (QED) is 0.582. The first-order chi connectivity index (χ1) is 6.07. The molecule has 0 aliphatic rings. The minimum Gasteiger partial charge on any atom is -0.488 e. The Morgan fingerprint density at radius 1 is 1.31 bits per heavy atom. The maximum absolute atomic E-state index is 13.1. The van der Waals surface area contributed by atoms with Crippen LogP contribution in [-0.2, 0) is 0 Å². The fourth-order valence-corrected chi connectivity index (χ4v) is 1.12. The third-order valence-corrected chi connectivity index (χ3v) is 2.09. The van der Waals surface area contributed by atoms with Gasteiger partial charge < -0.3 is 4.74 Å². The Kier molecular flexibility index (Phi) is 3.19. The fourth-order valence-electron chi connectivity index (χ4n) is 0.826. The maximum atomic E-state index is 13.1. The van der Waals surface area contributed by atoms with Crippen molar-refractivity contribution in [3.8, 4) is 5.75 Å². The minimum atomic E-state index is -1.06. The van der Waals surface area contributed by atoms with E-state index in [1.54, 1.807) is 6.92 Å². The van der Waals surface area contributed by atoms with Gasteiger partial charge in [-0.2, -0.15) is 0 Å². The van der Waals surface area contributed by atoms with Gasteiger partial charge in [-0.3, -0.25) is 0 Å². The summed E-state index contributed by atoms with van der Waals surface area (Å²) >= 11 is 2.64. The molecule has 0 unspecified atom stereocenters. The Balaban J connectivity index is 3.26. The number of ether oxygens (including phenoxy) is 1. The molecule has 0 spiro atoms. The predicted octanol–water partition coefficient (Wildman–Crippen LogP) is 3.27. The second-order valence-corrected chi connectivity index (χ2v) is 3.02. The van der Waals surface area contributed by atoms with Crippen LogP contribution in [0.25, 0.3) is 0 Å². The fraction of sp³-hybridized carbons (Fsp3) is 0.250. The molecular weight excluding hydrogens is 249 g/mol. The van der Waals surface area contributed by atoms with Crippen LogP contribution in [0.3, 0.4) is 0 Å². The van der Waals surface area contributed by atoms with Crippen LogP contribution in [-0.4, -0.2) is 6.61 Å². The summed E-state index contributed by atoms with van der Waals surface area (Å²) in [4.78, 5) is 0. The van der Waals surface area contributed by atoms with E-state index in [4.69, 9.17) is 0 Å². The number of benzene rings is 1. The molecule has 0 radical (unpaired) electrons. The van der Waals surface area contributed by atoms with Crippen molar-refractivity contribution in [1.29, 1.82) is 0 Å². The van der Waals surface area contributed by atoms with Gasteiger partial charge in [0, 0.05) is 6.07 Å². The Hall–Kier alpha value is -0.710. The van der Waals surface area contributed by atoms with Crippen molar-refractivity contribution in [2.45, 2.75) is 6.92 Å². The largest absolute Gasteiger partial charge is 0.488 e. The Morgan fingerprint density at radius 2 is 1.92 bits per heavy atom. The van der Waals surface area contributed by atoms with Crippen LogP contribution in [0, 0.1) is 17.5 Å². The van der Waals surface area contributed by atoms with Crippen molar-refractivity contribution in [2.75, 3.05) is 6.61 Å². The van der Waals surface area contributed by atoms with Crippen LogP contribution in [0.15, 0.2) is 10.5 Å². The highest BCUT2D eigenvalue weighted by Gasteiger charge is 2.17. The molecule has 72 valence electrons. The van der Waals surface area contributed by atoms with Gasteiger partial charge in [0.25, 0.3) is 0 Å². The molecule has 0 atom stereocenters. The van der Waals surface area contributed by atoms with E-state index in [0.717, 1.165) is 0 Å². The van der Waals surface area contributed by atoms with Crippen LogP contribution in [0.4, 0.5) is 13.2 Å². The first-order valence-corrected chi connectivity index (χ1v) is 4.33. The monoisotopic (exact) mass is 254 g/mol. The van der Waals surface area contributed by atoms with Crippen molar-refractivity contribution in [1.82, 2.24) is 0 Å². The summed E-state index contributed by atoms with van der Waals surface area (Å²) in [7, 11) is 0. The van der Waals surface area contributed by atoms with Crippen LogP contribution >= 0.6 is 15.9 Å². The third-order valence-electron chi connectivity index (χ3n) is 1.36. The third kappa shape index (κ3) is 1.96. The molecule has 0 saturated heterocycles. The molecule has 0 saturated carbocycles. The van der Waals surface area contributed by atoms with Gasteiger partial charge in [0.1, 0.15) is 5.82 Å². The van der Waals surface area contributed by atoms with Gasteiger partial charge in [-0.25, -0.2) is 13.2 Å². The van der Waals surface area contributed by atoms with Gasteiger partial charge in [0.05, 0.1) is 11.1 Å². The number of halogens is 4. The zero-order valence-electron chi connectivity index (χ0n) is 6.70. The Labute approximate surface area is 81.6 Å². The molecule has 0 aliphatic carbocycles. The standard InChI is InChI=1S/C8H6BrF3O/c1-2-13-8-5(11)3-4(10)6(9)7(8)12/h3H,2H2,1H3. The molecule has 0 N–H and O–H groups in total. The molecular formula is C8H6BrF3O. The number of rotatable bonds is 2. The molecule has 1 nitrogen and oxygen atoms in total. The summed E-state index contributed by atoms with van der Waals surface area (Å²) in [5.74, 6) is -3.64. The van der Waals surface area contributed by atoms with Gasteiger partial charge >= 0.3 is 0 Å². The SMILES string of the molecule is CCOc1c(F)cc(F)c(Br)c1F. The Bertz CT molecular complexity index is 328. The molecule has 0 bridgehead atoms. The smallest absolute Gasteiger partial charge is 0.192 e. The average Bonchev–Trinajstić information content (AvgIpc) is 2.09. The zero-order valence-corrected chi connectivity index (χ0v) is 8.29. The molecule has 0 aliphatic heterocycles. The molecule has 13 heavy (non-hydrogen) atoms. The zero-order chi connectivity index (χ0) is 10.0. The number of hydrogen-bond donors (Lipinski definition) is 0. The summed E-state index contributed by atoms with van der Waals surface area (Å²) in [6.45, 7) is 1.70. The summed E-state index contributed by atoms with van der Waals surface area (Å²) in [6.07, 6.45) is 0. The van der Waals surface area contributed by atoms with E-state index in [9.17, 15) is 13.2 Å². The van der Waals surface area contributed by atoms with Crippen LogP contribution < -0.4 is 4.74 Å². The van der Waals surface area contributed by atoms with E-state index < -0.39 is 27.7 Å². The Morgan fingerprint density at radius 3 is 2.46 bits per heavy atom. The highest BCUT2D eigenvalue weighted by atomic mass is 79.9. The lowest BCUT2D eigenvalue weighted by molar-refractivity contribution is 0.299. The van der Waals surface area contributed by atoms with E-state index in [2.05, 4.69) is 20.7 Å². The van der Waals surface area contributed by atoms with Gasteiger partial charge in [0.15, 0.2) is 17.4 Å². The summed E-state index contributed by atoms with van der Waals surface area (Å²) < 4.78 is 42.8. The highest BCUT2D eigenvalue weighted by molar-refractivity contribution is 9.10. The van der Waals surface area contributed by atoms with Crippen molar-refractivity contribution in [3.05, 3.63) is 28.0 Å². The second-order valence-electron chi connectivity index (χ2n) is 2.23. The first-order valence-electron chi connectivity index (χ1n) is 3.53. The van der Waals surface area contributed by atoms with Crippen molar-refractivity contribution < 1.29 is 17.9 Å². The highest BCUT2D eigenvalue weighted by Crippen LogP contribution is 2.30. The van der Waals surface area contributed by atoms with Crippen molar-refractivity contribution in [3.63, 3.8) is 0 Å². The van der Waals surface area contributed by atoms with E-state index in [1.807, 2.05) is 0 Å². The molecule has 1 aromatic rings. The van der Waals surface area contributed by atoms with E-state index in [0.29, 0.717) is 6.07 Å². The molecule has 1 rings (SSSR count). The van der Waals surface area contributed by atoms with Crippen LogP contribution in [0.1, 0.15) is 6.92 Å². The minimum absolute atomic E-state index is 0.117. The normalized spacial score (nSPS) is 10.2. The van der Waals surface area contributed by atoms with E-state index in [-0.39, 0.29) is 6.61 Å². The summed E-state index contributed by atoms with van der Waals surface area (Å²) in [6, 6.07) is 0.568. The molecule has 5 heteroatoms.